The third-order valence-corrected chi connectivity index (χ3v) is 3.30. The molecule has 2 aromatic rings. The summed E-state index contributed by atoms with van der Waals surface area (Å²) in [5, 5.41) is 7.67. The normalized spacial score (nSPS) is 12.6. The molecule has 1 unspecified atom stereocenters. The van der Waals surface area contributed by atoms with E-state index >= 15 is 0 Å². The SMILES string of the molecule is CC(CNCCc1ccnn1C)c1ccccc1. The van der Waals surface area contributed by atoms with Crippen LogP contribution >= 0.6 is 0 Å². The van der Waals surface area contributed by atoms with Crippen molar-refractivity contribution in [1.82, 2.24) is 15.1 Å². The molecule has 3 heteroatoms. The second kappa shape index (κ2) is 6.36. The lowest BCUT2D eigenvalue weighted by Crippen LogP contribution is -2.23. The van der Waals surface area contributed by atoms with Gasteiger partial charge in [-0.1, -0.05) is 37.3 Å². The van der Waals surface area contributed by atoms with Crippen LogP contribution in [0.1, 0.15) is 24.1 Å². The molecular weight excluding hydrogens is 222 g/mol. The predicted octanol–water partition coefficient (Wildman–Crippen LogP) is 2.36. The summed E-state index contributed by atoms with van der Waals surface area (Å²) in [4.78, 5) is 0. The van der Waals surface area contributed by atoms with E-state index in [1.165, 1.54) is 11.3 Å². The van der Waals surface area contributed by atoms with Gasteiger partial charge in [-0.3, -0.25) is 4.68 Å². The first-order valence-corrected chi connectivity index (χ1v) is 6.50. The maximum Gasteiger partial charge on any atom is 0.0492 e. The average Bonchev–Trinajstić information content (AvgIpc) is 2.81. The van der Waals surface area contributed by atoms with Gasteiger partial charge < -0.3 is 5.32 Å². The molecule has 0 fully saturated rings. The highest BCUT2D eigenvalue weighted by atomic mass is 15.3. The number of nitrogens with one attached hydrogen (secondary N) is 1. The molecule has 1 atom stereocenters. The molecule has 2 rings (SSSR count). The minimum Gasteiger partial charge on any atom is -0.316 e. The molecule has 1 N–H and O–H groups in total. The number of nitrogens with zero attached hydrogens (tertiary/aromatic N) is 2. The molecule has 0 aliphatic rings. The Hall–Kier alpha value is -1.61. The van der Waals surface area contributed by atoms with Gasteiger partial charge in [0.25, 0.3) is 0 Å². The van der Waals surface area contributed by atoms with Gasteiger partial charge in [0.05, 0.1) is 0 Å². The standard InChI is InChI=1S/C15H21N3/c1-13(14-6-4-3-5-7-14)12-16-10-8-15-9-11-17-18(15)2/h3-7,9,11,13,16H,8,10,12H2,1-2H3. The summed E-state index contributed by atoms with van der Waals surface area (Å²) in [6.07, 6.45) is 2.87. The van der Waals surface area contributed by atoms with E-state index in [0.29, 0.717) is 5.92 Å². The van der Waals surface area contributed by atoms with Crippen LogP contribution in [0.25, 0.3) is 0 Å². The van der Waals surface area contributed by atoms with E-state index in [0.717, 1.165) is 19.5 Å². The molecule has 96 valence electrons. The van der Waals surface area contributed by atoms with Crippen LogP contribution in [-0.2, 0) is 13.5 Å². The highest BCUT2D eigenvalue weighted by molar-refractivity contribution is 5.18. The fraction of sp³-hybridized carbons (Fsp3) is 0.400. The van der Waals surface area contributed by atoms with Crippen LogP contribution in [0, 0.1) is 0 Å². The van der Waals surface area contributed by atoms with Crippen molar-refractivity contribution < 1.29 is 0 Å². The van der Waals surface area contributed by atoms with Crippen molar-refractivity contribution in [2.75, 3.05) is 13.1 Å². The molecule has 0 amide bonds. The van der Waals surface area contributed by atoms with Crippen molar-refractivity contribution >= 4 is 0 Å². The number of aryl methyl sites for hydroxylation is 1. The van der Waals surface area contributed by atoms with Gasteiger partial charge in [-0.15, -0.1) is 0 Å². The summed E-state index contributed by atoms with van der Waals surface area (Å²) in [6.45, 7) is 4.27. The summed E-state index contributed by atoms with van der Waals surface area (Å²) < 4.78 is 1.93. The van der Waals surface area contributed by atoms with E-state index in [2.05, 4.69) is 53.7 Å². The molecule has 1 aromatic carbocycles. The fourth-order valence-electron chi connectivity index (χ4n) is 2.08. The van der Waals surface area contributed by atoms with Gasteiger partial charge in [0.1, 0.15) is 0 Å². The van der Waals surface area contributed by atoms with Crippen molar-refractivity contribution in [2.45, 2.75) is 19.3 Å². The Morgan fingerprint density at radius 2 is 2.00 bits per heavy atom. The molecule has 0 saturated heterocycles. The summed E-state index contributed by atoms with van der Waals surface area (Å²) in [6, 6.07) is 12.7. The van der Waals surface area contributed by atoms with Crippen LogP contribution in [0.15, 0.2) is 42.6 Å². The van der Waals surface area contributed by atoms with E-state index in [4.69, 9.17) is 0 Å². The Morgan fingerprint density at radius 3 is 2.67 bits per heavy atom. The van der Waals surface area contributed by atoms with Crippen molar-refractivity contribution in [2.24, 2.45) is 7.05 Å². The van der Waals surface area contributed by atoms with Crippen molar-refractivity contribution in [3.63, 3.8) is 0 Å². The maximum absolute atomic E-state index is 4.17. The number of rotatable bonds is 6. The maximum atomic E-state index is 4.17. The number of aromatic nitrogens is 2. The van der Waals surface area contributed by atoms with Crippen LogP contribution in [0.3, 0.4) is 0 Å². The highest BCUT2D eigenvalue weighted by Gasteiger charge is 2.04. The van der Waals surface area contributed by atoms with Crippen molar-refractivity contribution in [1.29, 1.82) is 0 Å². The van der Waals surface area contributed by atoms with Crippen LogP contribution in [0.5, 0.6) is 0 Å². The molecule has 1 aromatic heterocycles. The van der Waals surface area contributed by atoms with Crippen LogP contribution in [0.2, 0.25) is 0 Å². The number of benzene rings is 1. The molecule has 18 heavy (non-hydrogen) atoms. The van der Waals surface area contributed by atoms with Crippen LogP contribution in [0.4, 0.5) is 0 Å². The number of hydrogen-bond acceptors (Lipinski definition) is 2. The van der Waals surface area contributed by atoms with Gasteiger partial charge in [-0.05, 0) is 17.5 Å². The lowest BCUT2D eigenvalue weighted by Gasteiger charge is -2.13. The summed E-state index contributed by atoms with van der Waals surface area (Å²) in [5.74, 6) is 0.553. The van der Waals surface area contributed by atoms with E-state index in [1.807, 2.05) is 17.9 Å². The minimum atomic E-state index is 0.553. The largest absolute Gasteiger partial charge is 0.316 e. The van der Waals surface area contributed by atoms with Crippen LogP contribution < -0.4 is 5.32 Å². The van der Waals surface area contributed by atoms with Gasteiger partial charge in [-0.25, -0.2) is 0 Å². The lowest BCUT2D eigenvalue weighted by molar-refractivity contribution is 0.599. The second-order valence-electron chi connectivity index (χ2n) is 4.71. The van der Waals surface area contributed by atoms with E-state index in [-0.39, 0.29) is 0 Å². The summed E-state index contributed by atoms with van der Waals surface area (Å²) in [5.41, 5.74) is 2.67. The minimum absolute atomic E-state index is 0.553. The Balaban J connectivity index is 1.71. The van der Waals surface area contributed by atoms with Gasteiger partial charge in [0.2, 0.25) is 0 Å². The lowest BCUT2D eigenvalue weighted by atomic mass is 10.0. The fourth-order valence-corrected chi connectivity index (χ4v) is 2.08. The molecule has 3 nitrogen and oxygen atoms in total. The quantitative estimate of drug-likeness (QED) is 0.789. The van der Waals surface area contributed by atoms with Gasteiger partial charge >= 0.3 is 0 Å². The molecule has 0 saturated carbocycles. The van der Waals surface area contributed by atoms with Gasteiger partial charge in [0.15, 0.2) is 0 Å². The second-order valence-corrected chi connectivity index (χ2v) is 4.71. The van der Waals surface area contributed by atoms with E-state index in [9.17, 15) is 0 Å². The van der Waals surface area contributed by atoms with Crippen molar-refractivity contribution in [3.8, 4) is 0 Å². The smallest absolute Gasteiger partial charge is 0.0492 e. The Labute approximate surface area is 109 Å². The van der Waals surface area contributed by atoms with E-state index in [1.54, 1.807) is 0 Å². The zero-order valence-electron chi connectivity index (χ0n) is 11.1. The molecule has 0 aliphatic carbocycles. The average molecular weight is 243 g/mol. The first kappa shape index (κ1) is 12.8. The van der Waals surface area contributed by atoms with Gasteiger partial charge in [-0.2, -0.15) is 5.10 Å². The topological polar surface area (TPSA) is 29.9 Å². The first-order valence-electron chi connectivity index (χ1n) is 6.50. The monoisotopic (exact) mass is 243 g/mol. The predicted molar refractivity (Wildman–Crippen MR) is 74.6 cm³/mol. The zero-order chi connectivity index (χ0) is 12.8. The zero-order valence-corrected chi connectivity index (χ0v) is 11.1. The Kier molecular flexibility index (Phi) is 4.53. The molecule has 0 aliphatic heterocycles. The Morgan fingerprint density at radius 1 is 1.22 bits per heavy atom. The summed E-state index contributed by atoms with van der Waals surface area (Å²) in [7, 11) is 1.99. The molecule has 0 bridgehead atoms. The summed E-state index contributed by atoms with van der Waals surface area (Å²) >= 11 is 0. The highest BCUT2D eigenvalue weighted by Crippen LogP contribution is 2.12. The molecule has 1 heterocycles. The van der Waals surface area contributed by atoms with Crippen molar-refractivity contribution in [3.05, 3.63) is 53.9 Å². The third kappa shape index (κ3) is 3.44. The van der Waals surface area contributed by atoms with E-state index < -0.39 is 0 Å². The third-order valence-electron chi connectivity index (χ3n) is 3.30. The number of hydrogen-bond donors (Lipinski definition) is 1. The molecular formula is C15H21N3. The van der Waals surface area contributed by atoms with Crippen LogP contribution in [-0.4, -0.2) is 22.9 Å². The van der Waals surface area contributed by atoms with Gasteiger partial charge in [0, 0.05) is 38.4 Å². The molecule has 0 spiro atoms. The molecule has 0 radical (unpaired) electrons. The first-order chi connectivity index (χ1) is 8.77. The Bertz CT molecular complexity index is 462.